The second-order valence-electron chi connectivity index (χ2n) is 32.0. The minimum atomic E-state index is -0.156. The van der Waals surface area contributed by atoms with Gasteiger partial charge in [-0.3, -0.25) is 9.78 Å². The lowest BCUT2D eigenvalue weighted by atomic mass is 9.89. The summed E-state index contributed by atoms with van der Waals surface area (Å²) in [5.41, 5.74) is 18.5. The number of nitrogens with one attached hydrogen (secondary N) is 3. The molecule has 105 heavy (non-hydrogen) atoms. The fourth-order valence-electron chi connectivity index (χ4n) is 17.8. The maximum atomic E-state index is 13.2. The molecule has 3 aliphatic heterocycles. The number of likely N-dealkylation sites (tertiary alicyclic amines) is 3. The van der Waals surface area contributed by atoms with E-state index in [1.807, 2.05) is 61.6 Å². The highest BCUT2D eigenvalue weighted by atomic mass is 16.3. The molecule has 3 saturated heterocycles. The maximum Gasteiger partial charge on any atom is 0.253 e. The molecule has 0 spiro atoms. The molecule has 1 amide bonds. The van der Waals surface area contributed by atoms with Gasteiger partial charge in [-0.15, -0.1) is 0 Å². The first kappa shape index (κ1) is 75.4. The van der Waals surface area contributed by atoms with E-state index in [0.717, 1.165) is 175 Å². The van der Waals surface area contributed by atoms with Crippen LogP contribution in [0.4, 0.5) is 17.8 Å². The Balaban J connectivity index is 0.000000140. The number of nitrogens with zero attached hydrogens (tertiary/aromatic N) is 13. The fraction of sp³-hybridized carbons (Fsp3) is 0.576. The summed E-state index contributed by atoms with van der Waals surface area (Å²) < 4.78 is 7.22. The maximum absolute atomic E-state index is 13.2. The van der Waals surface area contributed by atoms with Crippen LogP contribution in [0.25, 0.3) is 33.1 Å². The largest absolute Gasteiger partial charge is 0.393 e. The summed E-state index contributed by atoms with van der Waals surface area (Å²) >= 11 is 0. The van der Waals surface area contributed by atoms with Crippen molar-refractivity contribution < 1.29 is 15.0 Å². The molecule has 20 heteroatoms. The van der Waals surface area contributed by atoms with Crippen LogP contribution in [0.5, 0.6) is 0 Å². The first-order valence-electron chi connectivity index (χ1n) is 40.3. The van der Waals surface area contributed by atoms with E-state index in [4.69, 9.17) is 35.6 Å². The Morgan fingerprint density at radius 3 is 1.27 bits per heavy atom. The standard InChI is InChI=1S/C30H43N7O.C28H39N5O.C27H37N5O/c1-5-6-19(2)34-30-32-17-26-27(18-37(28(26)35-30)25-9-7-24(31)8-10-25)22-11-13-36(14-12-22)29(38)23-15-20(3)33-21(4)16-23;1-19(2)32-15-13-22(14-16-32)26-18-33(23-9-11-24(34)12-10-23)27-25(26)17-29-28(31-27)30-20(3)21-7-5-4-6-8-21;1-3-31-15-13-21(14-16-31)25-18-32(22-9-11-23(33)12-10-22)26-24(25)17-28-27(30-26)29-19(2)20-7-5-4-6-8-20/h15-19,22,24-25H,5-14,31H2,1-4H3,(H,32,34,35);4-8,17-20,22-24,34H,9-16H2,1-3H3,(H,29,30,31);4-8,17-19,21-23,33H,3,9-16H2,1-2H3,(H,28,29,30)/t19-,24?,25?;20-,23?,24?;19-,22?,23?/m000/s1. The quantitative estimate of drug-likeness (QED) is 0.0442. The van der Waals surface area contributed by atoms with Gasteiger partial charge in [-0.1, -0.05) is 80.9 Å². The Morgan fingerprint density at radius 2 is 0.876 bits per heavy atom. The summed E-state index contributed by atoms with van der Waals surface area (Å²) in [4.78, 5) is 54.2. The zero-order valence-electron chi connectivity index (χ0n) is 64.2. The molecule has 0 unspecified atom stereocenters. The number of hydrogen-bond donors (Lipinski definition) is 6. The lowest BCUT2D eigenvalue weighted by Crippen LogP contribution is -2.38. The number of fused-ring (bicyclic) bond motifs is 3. The molecule has 7 N–H and O–H groups in total. The number of aliphatic hydroxyl groups is 2. The number of nitrogens with two attached hydrogens (primary N) is 1. The van der Waals surface area contributed by atoms with Gasteiger partial charge in [-0.05, 0) is 261 Å². The molecule has 7 aromatic heterocycles. The number of carbonyl (C=O) groups excluding carboxylic acids is 1. The Labute approximate surface area is 623 Å². The van der Waals surface area contributed by atoms with E-state index in [1.54, 1.807) is 0 Å². The lowest BCUT2D eigenvalue weighted by Gasteiger charge is -2.34. The van der Waals surface area contributed by atoms with Gasteiger partial charge in [0.1, 0.15) is 16.9 Å². The minimum Gasteiger partial charge on any atom is -0.393 e. The summed E-state index contributed by atoms with van der Waals surface area (Å²) in [5, 5.41) is 34.2. The Kier molecular flexibility index (Phi) is 25.0. The Morgan fingerprint density at radius 1 is 0.495 bits per heavy atom. The first-order valence-corrected chi connectivity index (χ1v) is 40.3. The van der Waals surface area contributed by atoms with Gasteiger partial charge in [0.15, 0.2) is 0 Å². The van der Waals surface area contributed by atoms with Gasteiger partial charge in [0.25, 0.3) is 5.91 Å². The van der Waals surface area contributed by atoms with Crippen LogP contribution in [-0.2, 0) is 0 Å². The van der Waals surface area contributed by atoms with Crippen molar-refractivity contribution in [1.29, 1.82) is 0 Å². The Bertz CT molecular complexity index is 4240. The van der Waals surface area contributed by atoms with Gasteiger partial charge in [0, 0.05) is 120 Å². The molecule has 6 fully saturated rings. The molecule has 6 aliphatic rings. The van der Waals surface area contributed by atoms with Crippen LogP contribution >= 0.6 is 0 Å². The number of pyridine rings is 1. The van der Waals surface area contributed by atoms with Crippen molar-refractivity contribution in [2.45, 2.75) is 269 Å². The van der Waals surface area contributed by atoms with E-state index in [0.29, 0.717) is 71.8 Å². The smallest absolute Gasteiger partial charge is 0.253 e. The van der Waals surface area contributed by atoms with Gasteiger partial charge in [-0.25, -0.2) is 15.0 Å². The third kappa shape index (κ3) is 18.2. The van der Waals surface area contributed by atoms with Gasteiger partial charge in [0.2, 0.25) is 17.8 Å². The normalized spacial score (nSPS) is 22.8. The predicted octanol–water partition coefficient (Wildman–Crippen LogP) is 16.5. The zero-order valence-corrected chi connectivity index (χ0v) is 64.2. The van der Waals surface area contributed by atoms with E-state index >= 15 is 0 Å². The predicted molar refractivity (Wildman–Crippen MR) is 424 cm³/mol. The molecular formula is C85H119N17O3. The number of carbonyl (C=O) groups is 1. The highest BCUT2D eigenvalue weighted by molar-refractivity contribution is 5.94. The van der Waals surface area contributed by atoms with Crippen molar-refractivity contribution in [3.05, 3.63) is 155 Å². The van der Waals surface area contributed by atoms with Crippen LogP contribution in [0.2, 0.25) is 0 Å². The van der Waals surface area contributed by atoms with Crippen molar-refractivity contribution in [1.82, 2.24) is 63.3 Å². The molecule has 3 aliphatic carbocycles. The van der Waals surface area contributed by atoms with Crippen LogP contribution in [-0.4, -0.2) is 156 Å². The Hall–Kier alpha value is -7.88. The lowest BCUT2D eigenvalue weighted by molar-refractivity contribution is 0.0712. The first-order chi connectivity index (χ1) is 50.9. The van der Waals surface area contributed by atoms with Crippen LogP contribution in [0.3, 0.4) is 0 Å². The van der Waals surface area contributed by atoms with Crippen molar-refractivity contribution in [2.24, 2.45) is 5.73 Å². The summed E-state index contributed by atoms with van der Waals surface area (Å²) in [6.45, 7) is 26.7. The highest BCUT2D eigenvalue weighted by Gasteiger charge is 2.34. The average Bonchev–Trinajstić information content (AvgIpc) is 1.63. The molecule has 562 valence electrons. The zero-order chi connectivity index (χ0) is 73.3. The molecule has 20 nitrogen and oxygen atoms in total. The molecule has 3 atom stereocenters. The number of aryl methyl sites for hydroxylation is 2. The van der Waals surface area contributed by atoms with E-state index in [1.165, 1.54) is 77.4 Å². The average molecular weight is 1430 g/mol. The van der Waals surface area contributed by atoms with E-state index in [9.17, 15) is 15.0 Å². The summed E-state index contributed by atoms with van der Waals surface area (Å²) in [7, 11) is 0. The van der Waals surface area contributed by atoms with Crippen LogP contribution in [0, 0.1) is 13.8 Å². The fourth-order valence-corrected chi connectivity index (χ4v) is 17.8. The number of piperidine rings is 3. The number of amides is 1. The number of aliphatic hydroxyl groups excluding tert-OH is 2. The molecule has 9 aromatic rings. The third-order valence-electron chi connectivity index (χ3n) is 24.2. The van der Waals surface area contributed by atoms with E-state index in [-0.39, 0.29) is 30.2 Å². The van der Waals surface area contributed by atoms with E-state index in [2.05, 4.69) is 160 Å². The number of rotatable bonds is 19. The molecule has 15 rings (SSSR count). The monoisotopic (exact) mass is 1430 g/mol. The van der Waals surface area contributed by atoms with Crippen molar-refractivity contribution >= 4 is 56.9 Å². The summed E-state index contributed by atoms with van der Waals surface area (Å²) in [6, 6.07) is 27.4. The second kappa shape index (κ2) is 34.8. The third-order valence-corrected chi connectivity index (χ3v) is 24.2. The van der Waals surface area contributed by atoms with Crippen LogP contribution in [0.15, 0.2) is 110 Å². The SMILES string of the molecule is CC(C)N1CCC(c2cn(C3CCC(O)CC3)c3nc(N[C@@H](C)c4ccccc4)ncc23)CC1.CCC[C@H](C)Nc1ncc2c(C3CCN(C(=O)c4cc(C)nc(C)c4)CC3)cn(C3CCC(N)CC3)c2n1.CCN1CCC(c2cn(C3CCC(O)CC3)c3nc(N[C@@H](C)c4ccccc4)ncc23)CC1. The molecular weight excluding hydrogens is 1310 g/mol. The number of aromatic nitrogens is 10. The van der Waals surface area contributed by atoms with Gasteiger partial charge < -0.3 is 60.3 Å². The van der Waals surface area contributed by atoms with Crippen molar-refractivity contribution in [3.63, 3.8) is 0 Å². The van der Waals surface area contributed by atoms with Gasteiger partial charge >= 0.3 is 0 Å². The van der Waals surface area contributed by atoms with Crippen LogP contribution in [0.1, 0.15) is 274 Å². The van der Waals surface area contributed by atoms with Crippen LogP contribution < -0.4 is 21.7 Å². The molecule has 3 saturated carbocycles. The summed E-state index contributed by atoms with van der Waals surface area (Å²) in [5.74, 6) is 3.69. The van der Waals surface area contributed by atoms with E-state index < -0.39 is 0 Å². The molecule has 0 bridgehead atoms. The highest BCUT2D eigenvalue weighted by Crippen LogP contribution is 2.43. The molecule has 2 aromatic carbocycles. The topological polar surface area (TPSA) is 234 Å². The van der Waals surface area contributed by atoms with Crippen molar-refractivity contribution in [3.8, 4) is 0 Å². The van der Waals surface area contributed by atoms with Crippen molar-refractivity contribution in [2.75, 3.05) is 61.8 Å². The molecule has 0 radical (unpaired) electrons. The van der Waals surface area contributed by atoms with Gasteiger partial charge in [-0.2, -0.15) is 15.0 Å². The molecule has 10 heterocycles. The second-order valence-corrected chi connectivity index (χ2v) is 32.0. The number of anilines is 3. The van der Waals surface area contributed by atoms with Gasteiger partial charge in [0.05, 0.1) is 24.3 Å². The summed E-state index contributed by atoms with van der Waals surface area (Å²) in [6.07, 6.45) is 33.5. The number of benzene rings is 2. The number of hydrogen-bond acceptors (Lipinski definition) is 16. The minimum absolute atomic E-state index is 0.110.